The molecule has 0 unspecified atom stereocenters. The summed E-state index contributed by atoms with van der Waals surface area (Å²) in [5, 5.41) is 0.0875. The largest absolute Gasteiger partial charge is 0.454 e. The molecule has 0 bridgehead atoms. The molecule has 0 spiro atoms. The average molecular weight is 539 g/mol. The van der Waals surface area contributed by atoms with Gasteiger partial charge in [-0.3, -0.25) is 0 Å². The highest BCUT2D eigenvalue weighted by molar-refractivity contribution is 6.74. The Morgan fingerprint density at radius 2 is 1.54 bits per heavy atom. The van der Waals surface area contributed by atoms with Crippen LogP contribution in [0.2, 0.25) is 57.4 Å². The summed E-state index contributed by atoms with van der Waals surface area (Å²) in [6.45, 7) is 33.5. The molecule has 1 heterocycles. The van der Waals surface area contributed by atoms with Crippen molar-refractivity contribution in [2.75, 3.05) is 0 Å². The molecule has 3 rings (SSSR count). The number of hydrogen-bond acceptors (Lipinski definition) is 5. The average Bonchev–Trinajstić information content (AvgIpc) is 3.00. The molecule has 2 fully saturated rings. The summed E-state index contributed by atoms with van der Waals surface area (Å²) in [5.41, 5.74) is 1.61. The molecular weight excluding hydrogens is 489 g/mol. The van der Waals surface area contributed by atoms with Crippen LogP contribution in [0, 0.1) is 5.92 Å². The summed E-state index contributed by atoms with van der Waals surface area (Å²) in [4.78, 5) is 12.7. The second-order valence-electron chi connectivity index (χ2n) is 14.7. The van der Waals surface area contributed by atoms with Gasteiger partial charge >= 0.3 is 5.97 Å². The molecule has 0 aromatic carbocycles. The van der Waals surface area contributed by atoms with Crippen molar-refractivity contribution in [3.8, 4) is 0 Å². The summed E-state index contributed by atoms with van der Waals surface area (Å²) < 4.78 is 27.6. The number of esters is 1. The maximum absolute atomic E-state index is 12.7. The highest BCUT2D eigenvalue weighted by Crippen LogP contribution is 2.59. The van der Waals surface area contributed by atoms with Gasteiger partial charge in [-0.2, -0.15) is 0 Å². The molecule has 0 N–H and O–H groups in total. The number of fused-ring (bicyclic) bond motifs is 3. The molecule has 8 heteroatoms. The van der Waals surface area contributed by atoms with E-state index in [4.69, 9.17) is 18.0 Å². The summed E-state index contributed by atoms with van der Waals surface area (Å²) in [6.07, 6.45) is 1.86. The third kappa shape index (κ3) is 5.25. The Hall–Kier alpha value is -0.519. The molecule has 1 aliphatic heterocycles. The quantitative estimate of drug-likeness (QED) is 0.155. The zero-order valence-electron chi connectivity index (χ0n) is 24.6. The first kappa shape index (κ1) is 29.0. The van der Waals surface area contributed by atoms with Crippen LogP contribution in [0.1, 0.15) is 53.9 Å². The fraction of sp³-hybridized carbons (Fsp3) is 0.815. The molecule has 2 aliphatic carbocycles. The lowest BCUT2D eigenvalue weighted by Crippen LogP contribution is -2.63. The van der Waals surface area contributed by atoms with Gasteiger partial charge in [-0.1, -0.05) is 27.4 Å². The van der Waals surface area contributed by atoms with Crippen LogP contribution in [0.3, 0.4) is 0 Å². The fourth-order valence-electron chi connectivity index (χ4n) is 6.00. The molecule has 0 amide bonds. The second-order valence-corrected chi connectivity index (χ2v) is 28.3. The number of carbonyl (C=O) groups excluding carboxylic acids is 1. The van der Waals surface area contributed by atoms with Crippen molar-refractivity contribution in [3.63, 3.8) is 0 Å². The van der Waals surface area contributed by atoms with Gasteiger partial charge in [0.2, 0.25) is 0 Å². The molecule has 5 atom stereocenters. The van der Waals surface area contributed by atoms with Gasteiger partial charge in [0.15, 0.2) is 25.0 Å². The van der Waals surface area contributed by atoms with Crippen molar-refractivity contribution < 1.29 is 22.8 Å². The Kier molecular flexibility index (Phi) is 7.27. The van der Waals surface area contributed by atoms with E-state index < -0.39 is 36.2 Å². The second kappa shape index (κ2) is 8.77. The van der Waals surface area contributed by atoms with Crippen molar-refractivity contribution in [2.45, 2.75) is 135 Å². The maximum Gasteiger partial charge on any atom is 0.334 e. The van der Waals surface area contributed by atoms with Crippen LogP contribution in [-0.2, 0) is 22.8 Å². The minimum absolute atomic E-state index is 0.0456. The first-order valence-corrected chi connectivity index (χ1v) is 23.0. The molecule has 5 nitrogen and oxygen atoms in total. The van der Waals surface area contributed by atoms with E-state index in [-0.39, 0.29) is 29.1 Å². The Morgan fingerprint density at radius 1 is 1.00 bits per heavy atom. The maximum atomic E-state index is 12.7. The lowest BCUT2D eigenvalue weighted by atomic mass is 9.77. The molecule has 0 aromatic rings. The van der Waals surface area contributed by atoms with Crippen LogP contribution >= 0.6 is 0 Å². The summed E-state index contributed by atoms with van der Waals surface area (Å²) in [7, 11) is -6.09. The number of carbonyl (C=O) groups is 1. The van der Waals surface area contributed by atoms with Gasteiger partial charge in [0.1, 0.15) is 11.7 Å². The van der Waals surface area contributed by atoms with Crippen LogP contribution in [0.5, 0.6) is 0 Å². The van der Waals surface area contributed by atoms with E-state index in [1.54, 1.807) is 0 Å². The van der Waals surface area contributed by atoms with Crippen molar-refractivity contribution in [2.24, 2.45) is 5.92 Å². The molecule has 3 aliphatic rings. The van der Waals surface area contributed by atoms with Gasteiger partial charge in [0.05, 0.1) is 11.7 Å². The normalized spacial score (nSPS) is 34.6. The Morgan fingerprint density at radius 3 is 2.03 bits per heavy atom. The minimum atomic E-state index is -2.07. The molecule has 1 saturated carbocycles. The Labute approximate surface area is 217 Å². The molecule has 0 aromatic heterocycles. The monoisotopic (exact) mass is 538 g/mol. The zero-order valence-corrected chi connectivity index (χ0v) is 27.6. The van der Waals surface area contributed by atoms with Crippen LogP contribution < -0.4 is 0 Å². The van der Waals surface area contributed by atoms with Crippen LogP contribution in [0.15, 0.2) is 23.3 Å². The summed E-state index contributed by atoms with van der Waals surface area (Å²) in [6, 6.07) is 0. The van der Waals surface area contributed by atoms with E-state index in [1.165, 1.54) is 0 Å². The SMILES string of the molecule is C=C1C(=O)O[C@@H]2C3=C(C)[C@H](O[Si](C)(C)C(C)(C)C)C[C@@]3(O[Si](C)(C)C)[C@](C)(O[Si](C)(C)C)CC[C@@H]12. The molecular formula is C27H50O5Si3. The first-order valence-electron chi connectivity index (χ1n) is 13.2. The third-order valence-corrected chi connectivity index (χ3v) is 15.0. The highest BCUT2D eigenvalue weighted by Gasteiger charge is 2.66. The van der Waals surface area contributed by atoms with Crippen molar-refractivity contribution >= 4 is 30.9 Å². The number of hydrogen-bond donors (Lipinski definition) is 0. The van der Waals surface area contributed by atoms with Gasteiger partial charge < -0.3 is 18.0 Å². The van der Waals surface area contributed by atoms with Crippen LogP contribution in [0.4, 0.5) is 0 Å². The lowest BCUT2D eigenvalue weighted by Gasteiger charge is -2.53. The van der Waals surface area contributed by atoms with Gasteiger partial charge in [-0.05, 0) is 89.7 Å². The van der Waals surface area contributed by atoms with Crippen LogP contribution in [0.25, 0.3) is 0 Å². The van der Waals surface area contributed by atoms with Crippen LogP contribution in [-0.4, -0.2) is 54.3 Å². The van der Waals surface area contributed by atoms with Gasteiger partial charge in [-0.15, -0.1) is 0 Å². The smallest absolute Gasteiger partial charge is 0.334 e. The summed E-state index contributed by atoms with van der Waals surface area (Å²) >= 11 is 0. The molecule has 1 saturated heterocycles. The fourth-order valence-corrected chi connectivity index (χ4v) is 10.4. The van der Waals surface area contributed by atoms with E-state index in [1.807, 2.05) is 0 Å². The van der Waals surface area contributed by atoms with Gasteiger partial charge in [0.25, 0.3) is 0 Å². The third-order valence-electron chi connectivity index (χ3n) is 8.45. The number of rotatable bonds is 6. The van der Waals surface area contributed by atoms with E-state index >= 15 is 0 Å². The molecule has 200 valence electrons. The predicted octanol–water partition coefficient (Wildman–Crippen LogP) is 7.19. The minimum Gasteiger partial charge on any atom is -0.454 e. The first-order chi connectivity index (χ1) is 15.5. The van der Waals surface area contributed by atoms with E-state index in [0.717, 1.165) is 24.0 Å². The standard InChI is InChI=1S/C27H50O5Si3/c1-18-20-15-16-26(6,31-33(7,8)9)27(32-34(10,11)12)17-21(30-35(13,14)25(3,4)5)19(2)22(27)23(20)29-24(18)28/h20-21,23H,1,15-17H2,2-14H3/t20-,21+,23-,26+,27-/m0/s1. The van der Waals surface area contributed by atoms with E-state index in [0.29, 0.717) is 12.0 Å². The summed E-state index contributed by atoms with van der Waals surface area (Å²) in [5.74, 6) is -0.318. The van der Waals surface area contributed by atoms with E-state index in [9.17, 15) is 4.79 Å². The molecule has 35 heavy (non-hydrogen) atoms. The zero-order chi connectivity index (χ0) is 27.0. The molecule has 0 radical (unpaired) electrons. The van der Waals surface area contributed by atoms with E-state index in [2.05, 4.69) is 93.6 Å². The topological polar surface area (TPSA) is 54.0 Å². The lowest BCUT2D eigenvalue weighted by molar-refractivity contribution is -0.140. The Balaban J connectivity index is 2.27. The Bertz CT molecular complexity index is 921. The van der Waals surface area contributed by atoms with Crippen molar-refractivity contribution in [3.05, 3.63) is 23.3 Å². The highest BCUT2D eigenvalue weighted by atomic mass is 28.4. The van der Waals surface area contributed by atoms with Crippen molar-refractivity contribution in [1.82, 2.24) is 0 Å². The van der Waals surface area contributed by atoms with Gasteiger partial charge in [0, 0.05) is 23.5 Å². The van der Waals surface area contributed by atoms with Gasteiger partial charge in [-0.25, -0.2) is 4.79 Å². The number of ether oxygens (including phenoxy) is 1. The predicted molar refractivity (Wildman–Crippen MR) is 151 cm³/mol. The van der Waals surface area contributed by atoms with Crippen molar-refractivity contribution in [1.29, 1.82) is 0 Å².